The Morgan fingerprint density at radius 1 is 1.45 bits per heavy atom. The minimum absolute atomic E-state index is 0.182. The molecule has 6 nitrogen and oxygen atoms in total. The zero-order chi connectivity index (χ0) is 14.9. The quantitative estimate of drug-likeness (QED) is 0.867. The van der Waals surface area contributed by atoms with Crippen molar-refractivity contribution < 1.29 is 9.53 Å². The van der Waals surface area contributed by atoms with Crippen LogP contribution in [0.25, 0.3) is 11.0 Å². The Balaban J connectivity index is 2.62. The van der Waals surface area contributed by atoms with E-state index in [9.17, 15) is 4.79 Å². The molecular formula is C14H20N4O2. The Bertz CT molecular complexity index is 646. The van der Waals surface area contributed by atoms with Crippen LogP contribution in [0.4, 0.5) is 5.95 Å². The molecule has 2 rings (SSSR count). The van der Waals surface area contributed by atoms with Crippen molar-refractivity contribution in [2.45, 2.75) is 32.7 Å². The van der Waals surface area contributed by atoms with Gasteiger partial charge >= 0.3 is 0 Å². The first-order chi connectivity index (χ1) is 9.36. The van der Waals surface area contributed by atoms with Crippen LogP contribution in [0.15, 0.2) is 18.2 Å². The minimum Gasteiger partial charge on any atom is -0.492 e. The van der Waals surface area contributed by atoms with Gasteiger partial charge in [-0.25, -0.2) is 4.98 Å². The highest BCUT2D eigenvalue weighted by Gasteiger charge is 2.28. The fourth-order valence-electron chi connectivity index (χ4n) is 2.51. The zero-order valence-electron chi connectivity index (χ0n) is 12.0. The van der Waals surface area contributed by atoms with Gasteiger partial charge in [-0.1, -0.05) is 6.07 Å². The summed E-state index contributed by atoms with van der Waals surface area (Å²) in [5.41, 5.74) is 12.3. The van der Waals surface area contributed by atoms with Crippen molar-refractivity contribution in [1.82, 2.24) is 9.55 Å². The predicted molar refractivity (Wildman–Crippen MR) is 78.4 cm³/mol. The van der Waals surface area contributed by atoms with Crippen LogP contribution in [0.2, 0.25) is 0 Å². The lowest BCUT2D eigenvalue weighted by Crippen LogP contribution is -2.33. The van der Waals surface area contributed by atoms with Gasteiger partial charge in [0.15, 0.2) is 0 Å². The molecule has 0 radical (unpaired) electrons. The van der Waals surface area contributed by atoms with E-state index in [0.29, 0.717) is 23.8 Å². The van der Waals surface area contributed by atoms with Crippen LogP contribution in [0.5, 0.6) is 5.75 Å². The van der Waals surface area contributed by atoms with Gasteiger partial charge in [0.1, 0.15) is 11.3 Å². The molecule has 1 aromatic heterocycles. The molecule has 1 aromatic carbocycles. The van der Waals surface area contributed by atoms with Crippen molar-refractivity contribution in [2.75, 3.05) is 12.3 Å². The van der Waals surface area contributed by atoms with E-state index in [1.807, 2.05) is 43.5 Å². The number of hydrogen-bond acceptors (Lipinski definition) is 4. The Hall–Kier alpha value is -2.24. The third-order valence-electron chi connectivity index (χ3n) is 3.19. The van der Waals surface area contributed by atoms with Crippen molar-refractivity contribution in [1.29, 1.82) is 0 Å². The van der Waals surface area contributed by atoms with Crippen LogP contribution in [-0.4, -0.2) is 22.1 Å². The van der Waals surface area contributed by atoms with Gasteiger partial charge in [0.05, 0.1) is 17.7 Å². The molecule has 1 heterocycles. The van der Waals surface area contributed by atoms with Crippen LogP contribution in [0.1, 0.15) is 27.2 Å². The number of ether oxygens (including phenoxy) is 1. The van der Waals surface area contributed by atoms with Crippen molar-refractivity contribution in [2.24, 2.45) is 5.73 Å². The molecule has 108 valence electrons. The summed E-state index contributed by atoms with van der Waals surface area (Å²) in [7, 11) is 0. The molecule has 0 aliphatic carbocycles. The number of nitrogens with two attached hydrogens (primary N) is 2. The molecule has 4 N–H and O–H groups in total. The Morgan fingerprint density at radius 2 is 2.15 bits per heavy atom. The van der Waals surface area contributed by atoms with Crippen molar-refractivity contribution in [3.8, 4) is 5.75 Å². The van der Waals surface area contributed by atoms with Crippen molar-refractivity contribution in [3.05, 3.63) is 18.2 Å². The number of imidazole rings is 1. The summed E-state index contributed by atoms with van der Waals surface area (Å²) in [6.07, 6.45) is 0.182. The molecular weight excluding hydrogens is 256 g/mol. The summed E-state index contributed by atoms with van der Waals surface area (Å²) < 4.78 is 7.39. The lowest BCUT2D eigenvalue weighted by molar-refractivity contribution is -0.119. The molecule has 1 amide bonds. The molecule has 0 aliphatic heterocycles. The number of hydrogen-bond donors (Lipinski definition) is 2. The summed E-state index contributed by atoms with van der Waals surface area (Å²) in [5.74, 6) is 0.654. The Morgan fingerprint density at radius 3 is 2.75 bits per heavy atom. The van der Waals surface area contributed by atoms with E-state index >= 15 is 0 Å². The number of anilines is 1. The van der Waals surface area contributed by atoms with Gasteiger partial charge in [0, 0.05) is 6.42 Å². The maximum Gasteiger partial charge on any atom is 0.219 e. The molecule has 0 aliphatic rings. The van der Waals surface area contributed by atoms with Crippen LogP contribution in [0, 0.1) is 0 Å². The van der Waals surface area contributed by atoms with Gasteiger partial charge in [-0.3, -0.25) is 4.79 Å². The average molecular weight is 276 g/mol. The number of primary amides is 1. The third kappa shape index (κ3) is 2.41. The normalized spacial score (nSPS) is 11.8. The molecule has 20 heavy (non-hydrogen) atoms. The van der Waals surface area contributed by atoms with Crippen LogP contribution in [0.3, 0.4) is 0 Å². The van der Waals surface area contributed by atoms with Crippen molar-refractivity contribution >= 4 is 22.9 Å². The number of para-hydroxylation sites is 1. The number of carbonyl (C=O) groups is 1. The highest BCUT2D eigenvalue weighted by atomic mass is 16.5. The number of benzene rings is 1. The van der Waals surface area contributed by atoms with E-state index < -0.39 is 5.54 Å². The smallest absolute Gasteiger partial charge is 0.219 e. The molecule has 6 heteroatoms. The molecule has 0 saturated heterocycles. The standard InChI is InChI=1S/C14H20N4O2/c1-4-20-10-7-5-6-9-12(10)17-13(16)18(9)14(2,3)8-11(15)19/h5-7H,4,8H2,1-3H3,(H2,15,19)(H2,16,17). The molecule has 0 atom stereocenters. The van der Waals surface area contributed by atoms with Crippen molar-refractivity contribution in [3.63, 3.8) is 0 Å². The number of rotatable bonds is 5. The number of nitrogens with zero attached hydrogens (tertiary/aromatic N) is 2. The third-order valence-corrected chi connectivity index (χ3v) is 3.19. The summed E-state index contributed by atoms with van der Waals surface area (Å²) in [5, 5.41) is 0. The van der Waals surface area contributed by atoms with Gasteiger partial charge < -0.3 is 20.8 Å². The number of nitrogen functional groups attached to an aromatic ring is 1. The molecule has 0 bridgehead atoms. The van der Waals surface area contributed by atoms with E-state index in [1.54, 1.807) is 0 Å². The van der Waals surface area contributed by atoms with Crippen LogP contribution >= 0.6 is 0 Å². The van der Waals surface area contributed by atoms with Gasteiger partial charge in [-0.2, -0.15) is 0 Å². The summed E-state index contributed by atoms with van der Waals surface area (Å²) in [6.45, 7) is 6.28. The number of carbonyl (C=O) groups excluding carboxylic acids is 1. The summed E-state index contributed by atoms with van der Waals surface area (Å²) >= 11 is 0. The van der Waals surface area contributed by atoms with E-state index in [-0.39, 0.29) is 12.3 Å². The highest BCUT2D eigenvalue weighted by Crippen LogP contribution is 2.33. The maximum absolute atomic E-state index is 11.2. The first kappa shape index (κ1) is 14.2. The molecule has 2 aromatic rings. The Kier molecular flexibility index (Phi) is 3.57. The maximum atomic E-state index is 11.2. The summed E-state index contributed by atoms with van der Waals surface area (Å²) in [4.78, 5) is 15.6. The van der Waals surface area contributed by atoms with E-state index in [0.717, 1.165) is 5.52 Å². The van der Waals surface area contributed by atoms with Gasteiger partial charge in [-0.05, 0) is 32.9 Å². The van der Waals surface area contributed by atoms with Gasteiger partial charge in [-0.15, -0.1) is 0 Å². The highest BCUT2D eigenvalue weighted by molar-refractivity contribution is 5.85. The molecule has 0 fully saturated rings. The lowest BCUT2D eigenvalue weighted by atomic mass is 9.99. The minimum atomic E-state index is -0.546. The second kappa shape index (κ2) is 5.03. The SMILES string of the molecule is CCOc1cccc2c1nc(N)n2C(C)(C)CC(N)=O. The molecule has 0 unspecified atom stereocenters. The second-order valence-electron chi connectivity index (χ2n) is 5.32. The van der Waals surface area contributed by atoms with E-state index in [2.05, 4.69) is 4.98 Å². The zero-order valence-corrected chi connectivity index (χ0v) is 12.0. The average Bonchev–Trinajstić information content (AvgIpc) is 2.65. The van der Waals surface area contributed by atoms with E-state index in [1.165, 1.54) is 0 Å². The van der Waals surface area contributed by atoms with Gasteiger partial charge in [0.2, 0.25) is 11.9 Å². The largest absolute Gasteiger partial charge is 0.492 e. The molecule has 0 saturated carbocycles. The first-order valence-electron chi connectivity index (χ1n) is 6.55. The predicted octanol–water partition coefficient (Wildman–Crippen LogP) is 1.63. The second-order valence-corrected chi connectivity index (χ2v) is 5.32. The monoisotopic (exact) mass is 276 g/mol. The first-order valence-corrected chi connectivity index (χ1v) is 6.55. The number of aromatic nitrogens is 2. The van der Waals surface area contributed by atoms with E-state index in [4.69, 9.17) is 16.2 Å². The molecule has 0 spiro atoms. The summed E-state index contributed by atoms with van der Waals surface area (Å²) in [6, 6.07) is 5.64. The topological polar surface area (TPSA) is 96.2 Å². The fraction of sp³-hybridized carbons (Fsp3) is 0.429. The lowest BCUT2D eigenvalue weighted by Gasteiger charge is -2.27. The number of fused-ring (bicyclic) bond motifs is 1. The number of amides is 1. The van der Waals surface area contributed by atoms with Crippen LogP contribution in [-0.2, 0) is 10.3 Å². The Labute approximate surface area is 117 Å². The fourth-order valence-corrected chi connectivity index (χ4v) is 2.51. The van der Waals surface area contributed by atoms with Crippen LogP contribution < -0.4 is 16.2 Å². The van der Waals surface area contributed by atoms with Gasteiger partial charge in [0.25, 0.3) is 0 Å².